The zero-order valence-corrected chi connectivity index (χ0v) is 11.3. The van der Waals surface area contributed by atoms with Crippen molar-refractivity contribution in [3.05, 3.63) is 29.6 Å². The van der Waals surface area contributed by atoms with Crippen LogP contribution in [0.25, 0.3) is 11.0 Å². The second kappa shape index (κ2) is 4.34. The van der Waals surface area contributed by atoms with Gasteiger partial charge in [0.15, 0.2) is 0 Å². The Morgan fingerprint density at radius 2 is 1.95 bits per heavy atom. The Bertz CT molecular complexity index is 604. The number of fused-ring (bicyclic) bond motifs is 1. The molecule has 2 saturated carbocycles. The van der Waals surface area contributed by atoms with Crippen molar-refractivity contribution < 1.29 is 0 Å². The molecular weight excluding hydrogens is 234 g/mol. The maximum Gasteiger partial charge on any atom is 0.113 e. The zero-order chi connectivity index (χ0) is 12.8. The summed E-state index contributed by atoms with van der Waals surface area (Å²) < 4.78 is 2.53. The van der Waals surface area contributed by atoms with E-state index in [9.17, 15) is 0 Å². The highest BCUT2D eigenvalue weighted by Crippen LogP contribution is 2.43. The predicted octanol–water partition coefficient (Wildman–Crippen LogP) is 3.49. The van der Waals surface area contributed by atoms with E-state index in [1.807, 2.05) is 0 Å². The van der Waals surface area contributed by atoms with Gasteiger partial charge in [0.2, 0.25) is 0 Å². The molecule has 2 aliphatic rings. The molecule has 0 amide bonds. The van der Waals surface area contributed by atoms with Gasteiger partial charge in [0, 0.05) is 18.5 Å². The Hall–Kier alpha value is -1.35. The highest BCUT2D eigenvalue weighted by Gasteiger charge is 2.31. The molecular formula is C16H21N3. The van der Waals surface area contributed by atoms with Gasteiger partial charge in [0.25, 0.3) is 0 Å². The number of rotatable bonds is 3. The van der Waals surface area contributed by atoms with Gasteiger partial charge in [-0.05, 0) is 43.4 Å². The zero-order valence-electron chi connectivity index (χ0n) is 11.3. The van der Waals surface area contributed by atoms with Crippen molar-refractivity contribution in [3.63, 3.8) is 0 Å². The standard InChI is InChI=1S/C16H21N3/c17-10-11-5-8-15-14(9-11)18-16(12-3-1-2-4-12)19(15)13-6-7-13/h5,8-9,12-13H,1-4,6-7,10,17H2. The van der Waals surface area contributed by atoms with Gasteiger partial charge in [-0.2, -0.15) is 0 Å². The van der Waals surface area contributed by atoms with Crippen LogP contribution in [0.3, 0.4) is 0 Å². The van der Waals surface area contributed by atoms with Crippen LogP contribution in [0, 0.1) is 0 Å². The number of aromatic nitrogens is 2. The van der Waals surface area contributed by atoms with Gasteiger partial charge in [-0.1, -0.05) is 18.9 Å². The molecule has 0 aliphatic heterocycles. The number of hydrogen-bond acceptors (Lipinski definition) is 2. The van der Waals surface area contributed by atoms with Gasteiger partial charge >= 0.3 is 0 Å². The van der Waals surface area contributed by atoms with E-state index >= 15 is 0 Å². The molecule has 0 radical (unpaired) electrons. The summed E-state index contributed by atoms with van der Waals surface area (Å²) in [5.74, 6) is 2.04. The maximum atomic E-state index is 5.75. The highest BCUT2D eigenvalue weighted by molar-refractivity contribution is 5.77. The minimum absolute atomic E-state index is 0.602. The molecule has 0 saturated heterocycles. The summed E-state index contributed by atoms with van der Waals surface area (Å²) in [5.41, 5.74) is 9.40. The lowest BCUT2D eigenvalue weighted by Gasteiger charge is -2.12. The average molecular weight is 255 g/mol. The van der Waals surface area contributed by atoms with Gasteiger partial charge in [0.05, 0.1) is 11.0 Å². The molecule has 2 N–H and O–H groups in total. The molecule has 1 heterocycles. The number of benzene rings is 1. The lowest BCUT2D eigenvalue weighted by molar-refractivity contribution is 0.602. The smallest absolute Gasteiger partial charge is 0.113 e. The molecule has 1 aromatic heterocycles. The van der Waals surface area contributed by atoms with Crippen molar-refractivity contribution in [1.29, 1.82) is 0 Å². The molecule has 19 heavy (non-hydrogen) atoms. The summed E-state index contributed by atoms with van der Waals surface area (Å²) in [5, 5.41) is 0. The first-order chi connectivity index (χ1) is 9.36. The van der Waals surface area contributed by atoms with Crippen LogP contribution in [0.2, 0.25) is 0 Å². The van der Waals surface area contributed by atoms with Crippen molar-refractivity contribution in [3.8, 4) is 0 Å². The minimum Gasteiger partial charge on any atom is -0.326 e. The van der Waals surface area contributed by atoms with E-state index in [1.54, 1.807) is 0 Å². The van der Waals surface area contributed by atoms with Crippen molar-refractivity contribution in [2.75, 3.05) is 0 Å². The first-order valence-corrected chi connectivity index (χ1v) is 7.57. The molecule has 2 fully saturated rings. The molecule has 0 spiro atoms. The van der Waals surface area contributed by atoms with Crippen LogP contribution in [0.1, 0.15) is 61.9 Å². The molecule has 3 nitrogen and oxygen atoms in total. The quantitative estimate of drug-likeness (QED) is 0.912. The van der Waals surface area contributed by atoms with E-state index in [0.29, 0.717) is 18.5 Å². The van der Waals surface area contributed by atoms with Crippen LogP contribution < -0.4 is 5.73 Å². The summed E-state index contributed by atoms with van der Waals surface area (Å²) in [7, 11) is 0. The fourth-order valence-corrected chi connectivity index (χ4v) is 3.48. The third-order valence-corrected chi connectivity index (χ3v) is 4.65. The van der Waals surface area contributed by atoms with E-state index < -0.39 is 0 Å². The van der Waals surface area contributed by atoms with Crippen LogP contribution in [-0.2, 0) is 6.54 Å². The number of nitrogens with zero attached hydrogens (tertiary/aromatic N) is 2. The average Bonchev–Trinajstić information content (AvgIpc) is 3.01. The summed E-state index contributed by atoms with van der Waals surface area (Å²) >= 11 is 0. The molecule has 1 aromatic carbocycles. The van der Waals surface area contributed by atoms with Gasteiger partial charge in [-0.15, -0.1) is 0 Å². The molecule has 0 atom stereocenters. The SMILES string of the molecule is NCc1ccc2c(c1)nc(C1CCCC1)n2C1CC1. The molecule has 0 bridgehead atoms. The number of imidazole rings is 1. The number of nitrogens with two attached hydrogens (primary N) is 1. The van der Waals surface area contributed by atoms with Crippen molar-refractivity contribution in [1.82, 2.24) is 9.55 Å². The minimum atomic E-state index is 0.602. The highest BCUT2D eigenvalue weighted by atomic mass is 15.1. The van der Waals surface area contributed by atoms with Gasteiger partial charge in [0.1, 0.15) is 5.82 Å². The summed E-state index contributed by atoms with van der Waals surface area (Å²) in [6, 6.07) is 7.26. The van der Waals surface area contributed by atoms with Crippen molar-refractivity contribution in [2.45, 2.75) is 57.0 Å². The molecule has 2 aromatic rings. The molecule has 2 aliphatic carbocycles. The monoisotopic (exact) mass is 255 g/mol. The summed E-state index contributed by atoms with van der Waals surface area (Å²) in [6.07, 6.45) is 8.02. The Morgan fingerprint density at radius 3 is 2.63 bits per heavy atom. The third-order valence-electron chi connectivity index (χ3n) is 4.65. The van der Waals surface area contributed by atoms with Gasteiger partial charge < -0.3 is 10.3 Å². The second-order valence-electron chi connectivity index (χ2n) is 6.08. The van der Waals surface area contributed by atoms with E-state index in [4.69, 9.17) is 10.7 Å². The lowest BCUT2D eigenvalue weighted by Crippen LogP contribution is -2.05. The van der Waals surface area contributed by atoms with E-state index in [2.05, 4.69) is 22.8 Å². The Balaban J connectivity index is 1.88. The molecule has 3 heteroatoms. The maximum absolute atomic E-state index is 5.75. The fraction of sp³-hybridized carbons (Fsp3) is 0.562. The normalized spacial score (nSPS) is 20.5. The van der Waals surface area contributed by atoms with E-state index in [0.717, 1.165) is 5.52 Å². The van der Waals surface area contributed by atoms with Gasteiger partial charge in [-0.3, -0.25) is 0 Å². The molecule has 4 rings (SSSR count). The van der Waals surface area contributed by atoms with Crippen LogP contribution in [-0.4, -0.2) is 9.55 Å². The topological polar surface area (TPSA) is 43.8 Å². The predicted molar refractivity (Wildman–Crippen MR) is 77.1 cm³/mol. The van der Waals surface area contributed by atoms with Gasteiger partial charge in [-0.25, -0.2) is 4.98 Å². The largest absolute Gasteiger partial charge is 0.326 e. The molecule has 100 valence electrons. The number of hydrogen-bond donors (Lipinski definition) is 1. The Labute approximate surface area is 113 Å². The van der Waals surface area contributed by atoms with Crippen LogP contribution in [0.15, 0.2) is 18.2 Å². The van der Waals surface area contributed by atoms with E-state index in [1.165, 1.54) is 55.4 Å². The Morgan fingerprint density at radius 1 is 1.16 bits per heavy atom. The van der Waals surface area contributed by atoms with Crippen LogP contribution in [0.5, 0.6) is 0 Å². The van der Waals surface area contributed by atoms with Crippen LogP contribution in [0.4, 0.5) is 0 Å². The first kappa shape index (κ1) is 11.5. The third kappa shape index (κ3) is 1.88. The fourth-order valence-electron chi connectivity index (χ4n) is 3.48. The van der Waals surface area contributed by atoms with Crippen molar-refractivity contribution in [2.24, 2.45) is 5.73 Å². The lowest BCUT2D eigenvalue weighted by atomic mass is 10.1. The van der Waals surface area contributed by atoms with Crippen LogP contribution >= 0.6 is 0 Å². The van der Waals surface area contributed by atoms with E-state index in [-0.39, 0.29) is 0 Å². The molecule has 0 unspecified atom stereocenters. The first-order valence-electron chi connectivity index (χ1n) is 7.57. The second-order valence-corrected chi connectivity index (χ2v) is 6.08. The summed E-state index contributed by atoms with van der Waals surface area (Å²) in [6.45, 7) is 0.602. The summed E-state index contributed by atoms with van der Waals surface area (Å²) in [4.78, 5) is 4.97. The van der Waals surface area contributed by atoms with Crippen molar-refractivity contribution >= 4 is 11.0 Å². The Kier molecular flexibility index (Phi) is 2.62.